The molecule has 0 aliphatic carbocycles. The van der Waals surface area contributed by atoms with Crippen LogP contribution in [0.3, 0.4) is 0 Å². The zero-order valence-corrected chi connectivity index (χ0v) is 23.4. The van der Waals surface area contributed by atoms with Crippen LogP contribution in [0, 0.1) is 5.92 Å². The first-order valence-corrected chi connectivity index (χ1v) is 13.2. The van der Waals surface area contributed by atoms with E-state index in [0.29, 0.717) is 42.2 Å². The normalized spacial score (nSPS) is 14.8. The van der Waals surface area contributed by atoms with E-state index < -0.39 is 17.4 Å². The Morgan fingerprint density at radius 3 is 2.55 bits per heavy atom. The fraction of sp³-hybridized carbons (Fsp3) is 0.500. The minimum absolute atomic E-state index is 0.100. The van der Waals surface area contributed by atoms with E-state index in [-0.39, 0.29) is 28.9 Å². The van der Waals surface area contributed by atoms with Crippen LogP contribution in [-0.2, 0) is 14.3 Å². The van der Waals surface area contributed by atoms with Crippen molar-refractivity contribution in [2.45, 2.75) is 52.6 Å². The lowest BCUT2D eigenvalue weighted by atomic mass is 9.94. The van der Waals surface area contributed by atoms with Gasteiger partial charge in [-0.25, -0.2) is 9.59 Å². The SMILES string of the molecule is CCOC(=O)/C(=C\NCCC1CCN(C(=O)OC(C)(C)C)CC1)C(=O)c1cnc2ccc(OC)cc2c1Cl. The molecule has 2 heterocycles. The van der Waals surface area contributed by atoms with Crippen molar-refractivity contribution in [1.29, 1.82) is 0 Å². The molecule has 0 atom stereocenters. The number of ether oxygens (including phenoxy) is 3. The van der Waals surface area contributed by atoms with Crippen LogP contribution in [0.2, 0.25) is 5.02 Å². The minimum Gasteiger partial charge on any atom is -0.497 e. The molecule has 1 aromatic carbocycles. The fourth-order valence-electron chi connectivity index (χ4n) is 4.19. The summed E-state index contributed by atoms with van der Waals surface area (Å²) in [4.78, 5) is 44.3. The van der Waals surface area contributed by atoms with Gasteiger partial charge in [0.15, 0.2) is 0 Å². The van der Waals surface area contributed by atoms with Crippen molar-refractivity contribution in [3.8, 4) is 5.75 Å². The van der Waals surface area contributed by atoms with Gasteiger partial charge in [-0.05, 0) is 71.1 Å². The number of halogens is 1. The molecule has 38 heavy (non-hydrogen) atoms. The Labute approximate surface area is 228 Å². The number of piperidine rings is 1. The molecule has 206 valence electrons. The number of aromatic nitrogens is 1. The summed E-state index contributed by atoms with van der Waals surface area (Å²) in [5, 5.41) is 3.82. The van der Waals surface area contributed by atoms with Gasteiger partial charge in [-0.15, -0.1) is 0 Å². The second kappa shape index (κ2) is 13.0. The van der Waals surface area contributed by atoms with Crippen molar-refractivity contribution < 1.29 is 28.6 Å². The van der Waals surface area contributed by atoms with Gasteiger partial charge >= 0.3 is 12.1 Å². The molecule has 0 unspecified atom stereocenters. The number of hydrogen-bond donors (Lipinski definition) is 1. The van der Waals surface area contributed by atoms with Crippen LogP contribution in [0.1, 0.15) is 57.3 Å². The standard InChI is InChI=1S/C28H36ClN3O6/c1-6-37-26(34)22(25(33)21-17-31-23-8-7-19(36-5)15-20(23)24(21)29)16-30-12-9-18-10-13-32(14-11-18)27(35)38-28(2,3)4/h7-8,15-18,30H,6,9-14H2,1-5H3/b22-16-. The Kier molecular flexibility index (Phi) is 9.96. The summed E-state index contributed by atoms with van der Waals surface area (Å²) in [5.74, 6) is -0.336. The molecule has 1 aliphatic rings. The number of hydrogen-bond acceptors (Lipinski definition) is 8. The van der Waals surface area contributed by atoms with E-state index >= 15 is 0 Å². The predicted octanol–water partition coefficient (Wildman–Crippen LogP) is 5.15. The van der Waals surface area contributed by atoms with Crippen molar-refractivity contribution in [3.63, 3.8) is 0 Å². The van der Waals surface area contributed by atoms with Crippen molar-refractivity contribution in [2.24, 2.45) is 5.92 Å². The van der Waals surface area contributed by atoms with Crippen molar-refractivity contribution >= 4 is 40.3 Å². The Bertz CT molecular complexity index is 1200. The fourth-order valence-corrected chi connectivity index (χ4v) is 4.47. The van der Waals surface area contributed by atoms with Crippen LogP contribution >= 0.6 is 11.6 Å². The quantitative estimate of drug-likeness (QED) is 0.115. The lowest BCUT2D eigenvalue weighted by Crippen LogP contribution is -2.42. The smallest absolute Gasteiger partial charge is 0.410 e. The molecule has 0 saturated carbocycles. The molecule has 2 aromatic rings. The van der Waals surface area contributed by atoms with Gasteiger partial charge in [-0.3, -0.25) is 9.78 Å². The lowest BCUT2D eigenvalue weighted by Gasteiger charge is -2.33. The van der Waals surface area contributed by atoms with Gasteiger partial charge < -0.3 is 24.4 Å². The predicted molar refractivity (Wildman–Crippen MR) is 146 cm³/mol. The first kappa shape index (κ1) is 29.2. The van der Waals surface area contributed by atoms with E-state index in [4.69, 9.17) is 25.8 Å². The first-order chi connectivity index (χ1) is 18.0. The van der Waals surface area contributed by atoms with Gasteiger partial charge in [-0.2, -0.15) is 0 Å². The van der Waals surface area contributed by atoms with Crippen LogP contribution < -0.4 is 10.1 Å². The summed E-state index contributed by atoms with van der Waals surface area (Å²) < 4.78 is 15.8. The van der Waals surface area contributed by atoms with Crippen LogP contribution in [0.25, 0.3) is 10.9 Å². The summed E-state index contributed by atoms with van der Waals surface area (Å²) in [6.45, 7) is 9.19. The van der Waals surface area contributed by atoms with Gasteiger partial charge in [-0.1, -0.05) is 11.6 Å². The third-order valence-corrected chi connectivity index (χ3v) is 6.61. The Morgan fingerprint density at radius 2 is 1.92 bits per heavy atom. The Morgan fingerprint density at radius 1 is 1.21 bits per heavy atom. The number of amides is 1. The monoisotopic (exact) mass is 545 g/mol. The maximum atomic E-state index is 13.4. The van der Waals surface area contributed by atoms with Crippen LogP contribution in [-0.4, -0.2) is 66.7 Å². The number of rotatable bonds is 9. The molecule has 3 rings (SSSR count). The summed E-state index contributed by atoms with van der Waals surface area (Å²) >= 11 is 6.57. The zero-order valence-electron chi connectivity index (χ0n) is 22.6. The zero-order chi connectivity index (χ0) is 27.9. The molecule has 9 nitrogen and oxygen atoms in total. The molecule has 10 heteroatoms. The van der Waals surface area contributed by atoms with Crippen LogP contribution in [0.15, 0.2) is 36.2 Å². The number of methoxy groups -OCH3 is 1. The molecule has 0 bridgehead atoms. The molecule has 1 aliphatic heterocycles. The number of pyridine rings is 1. The molecule has 1 aromatic heterocycles. The molecule has 1 amide bonds. The number of likely N-dealkylation sites (tertiary alicyclic amines) is 1. The number of carbonyl (C=O) groups excluding carboxylic acids is 3. The lowest BCUT2D eigenvalue weighted by molar-refractivity contribution is -0.138. The Balaban J connectivity index is 1.65. The van der Waals surface area contributed by atoms with Gasteiger partial charge in [0.25, 0.3) is 0 Å². The van der Waals surface area contributed by atoms with E-state index in [0.717, 1.165) is 19.3 Å². The van der Waals surface area contributed by atoms with Gasteiger partial charge in [0.1, 0.15) is 16.9 Å². The van der Waals surface area contributed by atoms with Crippen molar-refractivity contribution in [3.05, 3.63) is 46.8 Å². The molecule has 1 saturated heterocycles. The summed E-state index contributed by atoms with van der Waals surface area (Å²) in [7, 11) is 1.54. The molecular formula is C28H36ClN3O6. The second-order valence-electron chi connectivity index (χ2n) is 10.1. The molecule has 0 radical (unpaired) electrons. The van der Waals surface area contributed by atoms with Crippen LogP contribution in [0.5, 0.6) is 5.75 Å². The third kappa shape index (κ3) is 7.60. The van der Waals surface area contributed by atoms with E-state index in [2.05, 4.69) is 10.3 Å². The molecular weight excluding hydrogens is 510 g/mol. The Hall–Kier alpha value is -3.33. The first-order valence-electron chi connectivity index (χ1n) is 12.8. The highest BCUT2D eigenvalue weighted by Crippen LogP contribution is 2.30. The highest BCUT2D eigenvalue weighted by Gasteiger charge is 2.27. The van der Waals surface area contributed by atoms with Gasteiger partial charge in [0, 0.05) is 37.4 Å². The summed E-state index contributed by atoms with van der Waals surface area (Å²) in [6.07, 6.45) is 5.01. The number of esters is 1. The second-order valence-corrected chi connectivity index (χ2v) is 10.5. The largest absolute Gasteiger partial charge is 0.497 e. The summed E-state index contributed by atoms with van der Waals surface area (Å²) in [5.41, 5.74) is 0.0311. The minimum atomic E-state index is -0.738. The number of Topliss-reactive ketones (excluding diaryl/α,β-unsaturated/α-hetero) is 1. The third-order valence-electron chi connectivity index (χ3n) is 6.20. The maximum absolute atomic E-state index is 13.4. The molecule has 1 fully saturated rings. The molecule has 1 N–H and O–H groups in total. The van der Waals surface area contributed by atoms with E-state index in [1.807, 2.05) is 20.8 Å². The average molecular weight is 546 g/mol. The molecule has 0 spiro atoms. The highest BCUT2D eigenvalue weighted by atomic mass is 35.5. The van der Waals surface area contributed by atoms with E-state index in [1.165, 1.54) is 19.5 Å². The number of fused-ring (bicyclic) bond motifs is 1. The highest BCUT2D eigenvalue weighted by molar-refractivity contribution is 6.40. The summed E-state index contributed by atoms with van der Waals surface area (Å²) in [6, 6.07) is 5.19. The number of benzene rings is 1. The maximum Gasteiger partial charge on any atom is 0.410 e. The number of ketones is 1. The number of nitrogens with zero attached hydrogens (tertiary/aromatic N) is 2. The average Bonchev–Trinajstić information content (AvgIpc) is 2.88. The van der Waals surface area contributed by atoms with Gasteiger partial charge in [0.05, 0.1) is 29.8 Å². The van der Waals surface area contributed by atoms with E-state index in [9.17, 15) is 14.4 Å². The number of carbonyl (C=O) groups is 3. The van der Waals surface area contributed by atoms with Crippen LogP contribution in [0.4, 0.5) is 4.79 Å². The van der Waals surface area contributed by atoms with Crippen molar-refractivity contribution in [1.82, 2.24) is 15.2 Å². The van der Waals surface area contributed by atoms with Crippen molar-refractivity contribution in [2.75, 3.05) is 33.4 Å². The topological polar surface area (TPSA) is 107 Å². The van der Waals surface area contributed by atoms with Gasteiger partial charge in [0.2, 0.25) is 5.78 Å². The number of nitrogens with one attached hydrogen (secondary N) is 1. The van der Waals surface area contributed by atoms with E-state index in [1.54, 1.807) is 30.0 Å².